The number of hydrogen-bond donors (Lipinski definition) is 3. The highest BCUT2D eigenvalue weighted by Gasteiger charge is 2.31. The predicted molar refractivity (Wildman–Crippen MR) is 54.5 cm³/mol. The van der Waals surface area contributed by atoms with Crippen molar-refractivity contribution in [2.45, 2.75) is 18.4 Å². The molecule has 0 amide bonds. The molecule has 1 aromatic carbocycles. The number of aliphatic hydroxyl groups excluding tert-OH is 3. The maximum absolute atomic E-state index is 12.3. The Bertz CT molecular complexity index is 395. The van der Waals surface area contributed by atoms with Gasteiger partial charge in [-0.15, -0.1) is 0 Å². The van der Waals surface area contributed by atoms with Crippen LogP contribution in [0.1, 0.15) is 17.2 Å². The third-order valence-corrected chi connectivity index (χ3v) is 2.53. The van der Waals surface area contributed by atoms with Crippen LogP contribution >= 0.6 is 11.6 Å². The molecule has 0 aliphatic carbocycles. The number of aliphatic hydroxyl groups is 3. The summed E-state index contributed by atoms with van der Waals surface area (Å²) in [6.45, 7) is -0.724. The first-order valence-electron chi connectivity index (χ1n) is 4.61. The Morgan fingerprint density at radius 1 is 1.24 bits per heavy atom. The van der Waals surface area contributed by atoms with Gasteiger partial charge in [0, 0.05) is 10.6 Å². The van der Waals surface area contributed by atoms with E-state index in [1.165, 1.54) is 0 Å². The summed E-state index contributed by atoms with van der Waals surface area (Å²) in [7, 11) is 0. The highest BCUT2D eigenvalue weighted by Crippen LogP contribution is 2.34. The van der Waals surface area contributed by atoms with Crippen molar-refractivity contribution >= 4 is 11.6 Å². The molecule has 1 aromatic rings. The fourth-order valence-corrected chi connectivity index (χ4v) is 1.54. The van der Waals surface area contributed by atoms with Crippen LogP contribution in [0.2, 0.25) is 5.02 Å². The highest BCUT2D eigenvalue weighted by atomic mass is 35.5. The largest absolute Gasteiger partial charge is 0.416 e. The maximum Gasteiger partial charge on any atom is 0.416 e. The Balaban J connectivity index is 3.06. The van der Waals surface area contributed by atoms with Gasteiger partial charge in [-0.3, -0.25) is 0 Å². The van der Waals surface area contributed by atoms with Crippen molar-refractivity contribution < 1.29 is 28.5 Å². The van der Waals surface area contributed by atoms with Crippen LogP contribution in [0.25, 0.3) is 0 Å². The number of hydrogen-bond acceptors (Lipinski definition) is 3. The average Bonchev–Trinajstić information content (AvgIpc) is 2.25. The molecule has 3 nitrogen and oxygen atoms in total. The van der Waals surface area contributed by atoms with Crippen molar-refractivity contribution in [3.05, 3.63) is 34.3 Å². The van der Waals surface area contributed by atoms with Gasteiger partial charge in [-0.1, -0.05) is 17.7 Å². The van der Waals surface area contributed by atoms with Crippen LogP contribution in [0.4, 0.5) is 13.2 Å². The standard InChI is InChI=1S/C10H10ClF3O3/c11-7-3-5(10(12,13)14)1-2-6(7)9(17)8(16)4-15/h1-3,8-9,15-17H,4H2. The van der Waals surface area contributed by atoms with E-state index in [2.05, 4.69) is 0 Å². The second kappa shape index (κ2) is 5.22. The van der Waals surface area contributed by atoms with Crippen molar-refractivity contribution in [1.82, 2.24) is 0 Å². The predicted octanol–water partition coefficient (Wildman–Crippen LogP) is 1.75. The average molecular weight is 271 g/mol. The van der Waals surface area contributed by atoms with Crippen LogP contribution in [0.5, 0.6) is 0 Å². The molecular formula is C10H10ClF3O3. The normalized spacial score (nSPS) is 15.7. The summed E-state index contributed by atoms with van der Waals surface area (Å²) in [6, 6.07) is 2.37. The zero-order chi connectivity index (χ0) is 13.2. The quantitative estimate of drug-likeness (QED) is 0.784. The first-order chi connectivity index (χ1) is 7.77. The molecule has 7 heteroatoms. The van der Waals surface area contributed by atoms with Crippen molar-refractivity contribution in [3.8, 4) is 0 Å². The van der Waals surface area contributed by atoms with E-state index in [9.17, 15) is 18.3 Å². The van der Waals surface area contributed by atoms with Crippen LogP contribution in [-0.2, 0) is 6.18 Å². The zero-order valence-electron chi connectivity index (χ0n) is 8.45. The summed E-state index contributed by atoms with van der Waals surface area (Å²) in [5.41, 5.74) is -1.02. The molecule has 0 heterocycles. The van der Waals surface area contributed by atoms with Crippen LogP contribution in [-0.4, -0.2) is 28.0 Å². The van der Waals surface area contributed by atoms with Crippen LogP contribution in [0, 0.1) is 0 Å². The Labute approximate surface area is 100 Å². The monoisotopic (exact) mass is 270 g/mol. The Hall–Kier alpha value is -0.820. The van der Waals surface area contributed by atoms with Gasteiger partial charge in [0.05, 0.1) is 12.2 Å². The molecule has 3 N–H and O–H groups in total. The molecule has 0 bridgehead atoms. The van der Waals surface area contributed by atoms with Gasteiger partial charge in [0.1, 0.15) is 12.2 Å². The van der Waals surface area contributed by atoms with Gasteiger partial charge in [0.25, 0.3) is 0 Å². The molecule has 0 radical (unpaired) electrons. The number of halogens is 4. The molecule has 2 unspecified atom stereocenters. The van der Waals surface area contributed by atoms with Gasteiger partial charge >= 0.3 is 6.18 Å². The first kappa shape index (κ1) is 14.2. The van der Waals surface area contributed by atoms with Gasteiger partial charge in [-0.25, -0.2) is 0 Å². The lowest BCUT2D eigenvalue weighted by atomic mass is 10.0. The van der Waals surface area contributed by atoms with E-state index in [0.717, 1.165) is 12.1 Å². The smallest absolute Gasteiger partial charge is 0.394 e. The van der Waals surface area contributed by atoms with E-state index in [0.29, 0.717) is 6.07 Å². The summed E-state index contributed by atoms with van der Waals surface area (Å²) in [5.74, 6) is 0. The van der Waals surface area contributed by atoms with Crippen LogP contribution in [0.3, 0.4) is 0 Å². The Morgan fingerprint density at radius 2 is 1.82 bits per heavy atom. The van der Waals surface area contributed by atoms with E-state index in [4.69, 9.17) is 21.8 Å². The van der Waals surface area contributed by atoms with E-state index < -0.39 is 30.6 Å². The minimum absolute atomic E-state index is 0.0683. The summed E-state index contributed by atoms with van der Waals surface area (Å²) < 4.78 is 36.9. The fourth-order valence-electron chi connectivity index (χ4n) is 1.25. The Kier molecular flexibility index (Phi) is 4.37. The molecule has 0 fully saturated rings. The molecule has 0 aromatic heterocycles. The van der Waals surface area contributed by atoms with Crippen molar-refractivity contribution in [2.75, 3.05) is 6.61 Å². The van der Waals surface area contributed by atoms with Gasteiger partial charge < -0.3 is 15.3 Å². The van der Waals surface area contributed by atoms with Crippen LogP contribution in [0.15, 0.2) is 18.2 Å². The van der Waals surface area contributed by atoms with Crippen molar-refractivity contribution in [1.29, 1.82) is 0 Å². The van der Waals surface area contributed by atoms with E-state index >= 15 is 0 Å². The maximum atomic E-state index is 12.3. The van der Waals surface area contributed by atoms with E-state index in [1.807, 2.05) is 0 Å². The molecule has 1 rings (SSSR count). The molecule has 0 saturated carbocycles. The minimum atomic E-state index is -4.53. The van der Waals surface area contributed by atoms with Crippen molar-refractivity contribution in [2.24, 2.45) is 0 Å². The molecule has 96 valence electrons. The second-order valence-electron chi connectivity index (χ2n) is 3.43. The highest BCUT2D eigenvalue weighted by molar-refractivity contribution is 6.31. The molecule has 0 saturated heterocycles. The number of rotatable bonds is 3. The molecule has 0 spiro atoms. The van der Waals surface area contributed by atoms with Crippen molar-refractivity contribution in [3.63, 3.8) is 0 Å². The second-order valence-corrected chi connectivity index (χ2v) is 3.84. The fraction of sp³-hybridized carbons (Fsp3) is 0.400. The van der Waals surface area contributed by atoms with E-state index in [-0.39, 0.29) is 10.6 Å². The third-order valence-electron chi connectivity index (χ3n) is 2.20. The lowest BCUT2D eigenvalue weighted by molar-refractivity contribution is -0.137. The van der Waals surface area contributed by atoms with Crippen LogP contribution < -0.4 is 0 Å². The van der Waals surface area contributed by atoms with Gasteiger partial charge in [-0.2, -0.15) is 13.2 Å². The van der Waals surface area contributed by atoms with Gasteiger partial charge in [0.2, 0.25) is 0 Å². The summed E-state index contributed by atoms with van der Waals surface area (Å²) in [5, 5.41) is 26.9. The molecule has 0 aliphatic heterocycles. The topological polar surface area (TPSA) is 60.7 Å². The zero-order valence-corrected chi connectivity index (χ0v) is 9.20. The lowest BCUT2D eigenvalue weighted by Gasteiger charge is -2.18. The third kappa shape index (κ3) is 3.32. The number of benzene rings is 1. The summed E-state index contributed by atoms with van der Waals surface area (Å²) in [6.07, 6.45) is -7.55. The summed E-state index contributed by atoms with van der Waals surface area (Å²) in [4.78, 5) is 0. The lowest BCUT2D eigenvalue weighted by Crippen LogP contribution is -2.22. The molecule has 0 aliphatic rings. The van der Waals surface area contributed by atoms with E-state index in [1.54, 1.807) is 0 Å². The summed E-state index contributed by atoms with van der Waals surface area (Å²) >= 11 is 5.58. The molecule has 17 heavy (non-hydrogen) atoms. The molecule has 2 atom stereocenters. The molecular weight excluding hydrogens is 261 g/mol. The number of alkyl halides is 3. The first-order valence-corrected chi connectivity index (χ1v) is 4.98. The Morgan fingerprint density at radius 3 is 2.24 bits per heavy atom. The van der Waals surface area contributed by atoms with Gasteiger partial charge in [0.15, 0.2) is 0 Å². The minimum Gasteiger partial charge on any atom is -0.394 e. The SMILES string of the molecule is OCC(O)C(O)c1ccc(C(F)(F)F)cc1Cl. The van der Waals surface area contributed by atoms with Gasteiger partial charge in [-0.05, 0) is 12.1 Å².